The minimum Gasteiger partial charge on any atom is -0.372 e. The van der Waals surface area contributed by atoms with E-state index < -0.39 is 21.0 Å². The maximum atomic E-state index is 13.1. The van der Waals surface area contributed by atoms with Crippen LogP contribution in [-0.2, 0) is 10.2 Å². The summed E-state index contributed by atoms with van der Waals surface area (Å²) in [6.45, 7) is 3.98. The van der Waals surface area contributed by atoms with Crippen molar-refractivity contribution in [2.24, 2.45) is 0 Å². The molecular weight excluding hydrogens is 343 g/mol. The number of carbonyl (C=O) groups excluding carboxylic acids is 1. The monoisotopic (exact) mass is 362 g/mol. The van der Waals surface area contributed by atoms with Crippen LogP contribution in [0.5, 0.6) is 0 Å². The highest BCUT2D eigenvalue weighted by Gasteiger charge is 2.16. The first-order chi connectivity index (χ1) is 11.8. The molecule has 1 saturated heterocycles. The van der Waals surface area contributed by atoms with E-state index in [1.165, 1.54) is 25.0 Å². The zero-order valence-corrected chi connectivity index (χ0v) is 14.6. The molecule has 0 radical (unpaired) electrons. The zero-order chi connectivity index (χ0) is 18.0. The summed E-state index contributed by atoms with van der Waals surface area (Å²) in [5.74, 6) is -0.484. The second-order valence-corrected chi connectivity index (χ2v) is 7.46. The molecule has 3 rings (SSSR count). The zero-order valence-electron chi connectivity index (χ0n) is 13.8. The van der Waals surface area contributed by atoms with E-state index in [9.17, 15) is 17.1 Å². The molecule has 0 spiro atoms. The molecule has 1 N–H and O–H groups in total. The largest absolute Gasteiger partial charge is 0.372 e. The van der Waals surface area contributed by atoms with Crippen molar-refractivity contribution in [1.29, 1.82) is 0 Å². The topological polar surface area (TPSA) is 66.5 Å². The lowest BCUT2D eigenvalue weighted by atomic mass is 10.1. The van der Waals surface area contributed by atoms with Crippen LogP contribution < -0.4 is 10.2 Å². The summed E-state index contributed by atoms with van der Waals surface area (Å²) in [7, 11) is -4.84. The molecule has 0 saturated carbocycles. The van der Waals surface area contributed by atoms with E-state index in [0.717, 1.165) is 36.5 Å². The minimum atomic E-state index is -4.84. The van der Waals surface area contributed by atoms with Gasteiger partial charge in [-0.1, -0.05) is 6.07 Å². The molecule has 0 unspecified atom stereocenters. The molecule has 2 aromatic rings. The molecule has 25 heavy (non-hydrogen) atoms. The van der Waals surface area contributed by atoms with E-state index in [0.29, 0.717) is 5.69 Å². The Kier molecular flexibility index (Phi) is 4.76. The summed E-state index contributed by atoms with van der Waals surface area (Å²) >= 11 is 0. The number of anilines is 2. The number of benzene rings is 2. The first kappa shape index (κ1) is 17.4. The Morgan fingerprint density at radius 3 is 2.48 bits per heavy atom. The van der Waals surface area contributed by atoms with Gasteiger partial charge in [-0.2, -0.15) is 8.42 Å². The van der Waals surface area contributed by atoms with E-state index in [1.807, 2.05) is 25.1 Å². The van der Waals surface area contributed by atoms with Crippen LogP contribution in [-0.4, -0.2) is 27.4 Å². The van der Waals surface area contributed by atoms with Gasteiger partial charge in [-0.25, -0.2) is 0 Å². The standard InChI is InChI=1S/C18H19FN2O3S/c1-13-11-15(21-9-2-3-10-21)7-8-17(13)20-18(22)14-5-4-6-16(12-14)25(19,23)24/h4-8,11-12H,2-3,9-10H2,1H3,(H,20,22). The molecule has 1 aliphatic heterocycles. The maximum absolute atomic E-state index is 13.1. The van der Waals surface area contributed by atoms with Crippen molar-refractivity contribution in [3.63, 3.8) is 0 Å². The third-order valence-electron chi connectivity index (χ3n) is 4.31. The summed E-state index contributed by atoms with van der Waals surface area (Å²) < 4.78 is 35.0. The third-order valence-corrected chi connectivity index (χ3v) is 5.12. The van der Waals surface area contributed by atoms with Gasteiger partial charge in [-0.05, 0) is 61.7 Å². The molecule has 1 heterocycles. The van der Waals surface area contributed by atoms with Crippen molar-refractivity contribution in [2.75, 3.05) is 23.3 Å². The van der Waals surface area contributed by atoms with Gasteiger partial charge in [0.25, 0.3) is 5.91 Å². The van der Waals surface area contributed by atoms with E-state index in [4.69, 9.17) is 0 Å². The number of halogens is 1. The average molecular weight is 362 g/mol. The van der Waals surface area contributed by atoms with Crippen molar-refractivity contribution in [1.82, 2.24) is 0 Å². The first-order valence-electron chi connectivity index (χ1n) is 8.06. The lowest BCUT2D eigenvalue weighted by Crippen LogP contribution is -2.18. The molecule has 5 nitrogen and oxygen atoms in total. The molecule has 2 aromatic carbocycles. The average Bonchev–Trinajstić information content (AvgIpc) is 3.10. The number of amides is 1. The molecule has 1 aliphatic rings. The van der Waals surface area contributed by atoms with Crippen molar-refractivity contribution in [3.8, 4) is 0 Å². The molecule has 132 valence electrons. The Labute approximate surface area is 146 Å². The van der Waals surface area contributed by atoms with Crippen molar-refractivity contribution in [2.45, 2.75) is 24.7 Å². The first-order valence-corrected chi connectivity index (χ1v) is 9.44. The molecule has 1 fully saturated rings. The summed E-state index contributed by atoms with van der Waals surface area (Å²) in [5, 5.41) is 2.75. The molecule has 7 heteroatoms. The maximum Gasteiger partial charge on any atom is 0.332 e. The van der Waals surface area contributed by atoms with Crippen molar-refractivity contribution in [3.05, 3.63) is 53.6 Å². The Hall–Kier alpha value is -2.41. The summed E-state index contributed by atoms with van der Waals surface area (Å²) in [6, 6.07) is 10.7. The van der Waals surface area contributed by atoms with Crippen molar-refractivity contribution >= 4 is 27.5 Å². The molecule has 0 bridgehead atoms. The lowest BCUT2D eigenvalue weighted by molar-refractivity contribution is 0.102. The number of rotatable bonds is 4. The van der Waals surface area contributed by atoms with Crippen LogP contribution >= 0.6 is 0 Å². The molecular formula is C18H19FN2O3S. The lowest BCUT2D eigenvalue weighted by Gasteiger charge is -2.19. The quantitative estimate of drug-likeness (QED) is 0.846. The summed E-state index contributed by atoms with van der Waals surface area (Å²) in [6.07, 6.45) is 2.37. The fraction of sp³-hybridized carbons (Fsp3) is 0.278. The highest BCUT2D eigenvalue weighted by atomic mass is 32.3. The normalized spacial score (nSPS) is 14.6. The van der Waals surface area contributed by atoms with Crippen LogP contribution in [0, 0.1) is 6.92 Å². The van der Waals surface area contributed by atoms with E-state index in [1.54, 1.807) is 0 Å². The fourth-order valence-corrected chi connectivity index (χ4v) is 3.45. The minimum absolute atomic E-state index is 0.0849. The second-order valence-electron chi connectivity index (χ2n) is 6.11. The van der Waals surface area contributed by atoms with Gasteiger partial charge in [-0.15, -0.1) is 3.89 Å². The molecule has 0 aromatic heterocycles. The Morgan fingerprint density at radius 1 is 1.12 bits per heavy atom. The third kappa shape index (κ3) is 3.99. The van der Waals surface area contributed by atoms with Gasteiger partial charge in [0.1, 0.15) is 0 Å². The van der Waals surface area contributed by atoms with Crippen LogP contribution in [0.25, 0.3) is 0 Å². The molecule has 1 amide bonds. The van der Waals surface area contributed by atoms with Crippen LogP contribution in [0.3, 0.4) is 0 Å². The highest BCUT2D eigenvalue weighted by molar-refractivity contribution is 7.86. The van der Waals surface area contributed by atoms with E-state index in [2.05, 4.69) is 10.2 Å². The van der Waals surface area contributed by atoms with Crippen LogP contribution in [0.2, 0.25) is 0 Å². The molecule has 0 atom stereocenters. The van der Waals surface area contributed by atoms with Crippen LogP contribution in [0.1, 0.15) is 28.8 Å². The highest BCUT2D eigenvalue weighted by Crippen LogP contribution is 2.26. The smallest absolute Gasteiger partial charge is 0.332 e. The van der Waals surface area contributed by atoms with Gasteiger partial charge in [0.15, 0.2) is 0 Å². The Balaban J connectivity index is 1.79. The number of hydrogen-bond acceptors (Lipinski definition) is 4. The van der Waals surface area contributed by atoms with Gasteiger partial charge in [0.2, 0.25) is 0 Å². The summed E-state index contributed by atoms with van der Waals surface area (Å²) in [5.41, 5.74) is 2.76. The Morgan fingerprint density at radius 2 is 1.84 bits per heavy atom. The SMILES string of the molecule is Cc1cc(N2CCCC2)ccc1NC(=O)c1cccc(S(=O)(=O)F)c1. The Bertz CT molecular complexity index is 906. The van der Waals surface area contributed by atoms with Gasteiger partial charge in [0.05, 0.1) is 4.90 Å². The summed E-state index contributed by atoms with van der Waals surface area (Å²) in [4.78, 5) is 14.1. The number of hydrogen-bond donors (Lipinski definition) is 1. The predicted octanol–water partition coefficient (Wildman–Crippen LogP) is 3.51. The van der Waals surface area contributed by atoms with E-state index in [-0.39, 0.29) is 5.56 Å². The van der Waals surface area contributed by atoms with Crippen molar-refractivity contribution < 1.29 is 17.1 Å². The number of nitrogens with zero attached hydrogens (tertiary/aromatic N) is 1. The fourth-order valence-electron chi connectivity index (χ4n) is 2.94. The number of carbonyl (C=O) groups is 1. The van der Waals surface area contributed by atoms with Gasteiger partial charge in [0, 0.05) is 30.0 Å². The second kappa shape index (κ2) is 6.84. The number of nitrogens with one attached hydrogen (secondary N) is 1. The van der Waals surface area contributed by atoms with Crippen LogP contribution in [0.15, 0.2) is 47.4 Å². The van der Waals surface area contributed by atoms with Gasteiger partial charge < -0.3 is 10.2 Å². The van der Waals surface area contributed by atoms with Gasteiger partial charge in [-0.3, -0.25) is 4.79 Å². The van der Waals surface area contributed by atoms with E-state index >= 15 is 0 Å². The molecule has 0 aliphatic carbocycles. The van der Waals surface area contributed by atoms with Crippen LogP contribution in [0.4, 0.5) is 15.3 Å². The number of aryl methyl sites for hydroxylation is 1. The van der Waals surface area contributed by atoms with Gasteiger partial charge >= 0.3 is 10.2 Å². The predicted molar refractivity (Wildman–Crippen MR) is 95.3 cm³/mol.